The minimum atomic E-state index is -1.26. The lowest BCUT2D eigenvalue weighted by atomic mass is 9.67. The Bertz CT molecular complexity index is 442. The number of rotatable bonds is 0. The van der Waals surface area contributed by atoms with Gasteiger partial charge in [-0.05, 0) is 6.07 Å². The number of benzene rings is 1. The second kappa shape index (κ2) is 2.89. The van der Waals surface area contributed by atoms with Gasteiger partial charge in [-0.3, -0.25) is 4.79 Å². The molecule has 1 fully saturated rings. The normalized spacial score (nSPS) is 30.9. The number of Topliss-reactive ketones (excluding diaryl/α,β-unsaturated/α-hetero) is 1. The lowest BCUT2D eigenvalue weighted by molar-refractivity contribution is -0.134. The number of carbonyl (C=O) groups excluding carboxylic acids is 1. The second-order valence-electron chi connectivity index (χ2n) is 3.92. The number of hydrogen-bond donors (Lipinski definition) is 0. The zero-order chi connectivity index (χ0) is 10.6. The molecule has 1 aliphatic carbocycles. The molecule has 2 unspecified atom stereocenters. The zero-order valence-corrected chi connectivity index (χ0v) is 9.26. The first kappa shape index (κ1) is 9.49. The SMILES string of the molecule is O=C1C2COc3ccccc3C2C1(Cl)Cl. The molecule has 0 radical (unpaired) electrons. The Morgan fingerprint density at radius 3 is 2.87 bits per heavy atom. The molecule has 1 saturated carbocycles. The van der Waals surface area contributed by atoms with Crippen LogP contribution in [0, 0.1) is 5.92 Å². The highest BCUT2D eigenvalue weighted by molar-refractivity contribution is 6.61. The average molecular weight is 243 g/mol. The lowest BCUT2D eigenvalue weighted by Gasteiger charge is -2.48. The van der Waals surface area contributed by atoms with Crippen molar-refractivity contribution in [3.05, 3.63) is 29.8 Å². The molecule has 1 aliphatic heterocycles. The molecule has 1 heterocycles. The van der Waals surface area contributed by atoms with Gasteiger partial charge in [-0.2, -0.15) is 0 Å². The van der Waals surface area contributed by atoms with Gasteiger partial charge >= 0.3 is 0 Å². The van der Waals surface area contributed by atoms with Gasteiger partial charge in [-0.15, -0.1) is 0 Å². The first-order valence-electron chi connectivity index (χ1n) is 4.76. The summed E-state index contributed by atoms with van der Waals surface area (Å²) in [5.74, 6) is 0.385. The molecule has 1 aromatic rings. The first-order valence-corrected chi connectivity index (χ1v) is 5.52. The summed E-state index contributed by atoms with van der Waals surface area (Å²) < 4.78 is 4.22. The summed E-state index contributed by atoms with van der Waals surface area (Å²) in [5, 5.41) is 0. The molecule has 4 heteroatoms. The summed E-state index contributed by atoms with van der Waals surface area (Å²) in [5.41, 5.74) is 0.943. The molecule has 0 spiro atoms. The molecular weight excluding hydrogens is 235 g/mol. The minimum Gasteiger partial charge on any atom is -0.493 e. The Balaban J connectivity index is 2.11. The standard InChI is InChI=1S/C11H8Cl2O2/c12-11(13)9-6-3-1-2-4-8(6)15-5-7(9)10(11)14/h1-4,7,9H,5H2. The molecular formula is C11H8Cl2O2. The summed E-state index contributed by atoms with van der Waals surface area (Å²) >= 11 is 12.0. The molecule has 2 aliphatic rings. The van der Waals surface area contributed by atoms with Crippen LogP contribution >= 0.6 is 23.2 Å². The van der Waals surface area contributed by atoms with Crippen molar-refractivity contribution in [3.8, 4) is 5.75 Å². The smallest absolute Gasteiger partial charge is 0.184 e. The maximum absolute atomic E-state index is 11.6. The Labute approximate surface area is 97.1 Å². The number of halogens is 2. The average Bonchev–Trinajstić information content (AvgIpc) is 2.26. The third kappa shape index (κ3) is 1.09. The molecule has 2 atom stereocenters. The van der Waals surface area contributed by atoms with Gasteiger partial charge in [0.2, 0.25) is 0 Å². The van der Waals surface area contributed by atoms with Crippen LogP contribution in [-0.2, 0) is 4.79 Å². The van der Waals surface area contributed by atoms with E-state index in [4.69, 9.17) is 27.9 Å². The highest BCUT2D eigenvalue weighted by atomic mass is 35.5. The van der Waals surface area contributed by atoms with Crippen molar-refractivity contribution in [2.75, 3.05) is 6.61 Å². The number of ketones is 1. The quantitative estimate of drug-likeness (QED) is 0.654. The summed E-state index contributed by atoms with van der Waals surface area (Å²) in [6.07, 6.45) is 0. The Kier molecular flexibility index (Phi) is 1.83. The van der Waals surface area contributed by atoms with Gasteiger partial charge in [0.15, 0.2) is 10.1 Å². The van der Waals surface area contributed by atoms with Crippen molar-refractivity contribution >= 4 is 29.0 Å². The number of fused-ring (bicyclic) bond motifs is 3. The van der Waals surface area contributed by atoms with E-state index >= 15 is 0 Å². The highest BCUT2D eigenvalue weighted by Crippen LogP contribution is 2.58. The Morgan fingerprint density at radius 2 is 2.07 bits per heavy atom. The van der Waals surface area contributed by atoms with E-state index in [-0.39, 0.29) is 17.6 Å². The molecule has 0 amide bonds. The van der Waals surface area contributed by atoms with Crippen LogP contribution in [-0.4, -0.2) is 16.7 Å². The Hall–Kier alpha value is -0.730. The van der Waals surface area contributed by atoms with Gasteiger partial charge in [0.05, 0.1) is 12.5 Å². The predicted molar refractivity (Wildman–Crippen MR) is 57.6 cm³/mol. The van der Waals surface area contributed by atoms with Crippen LogP contribution in [0.1, 0.15) is 11.5 Å². The monoisotopic (exact) mass is 242 g/mol. The van der Waals surface area contributed by atoms with E-state index in [2.05, 4.69) is 0 Å². The summed E-state index contributed by atoms with van der Waals surface area (Å²) in [4.78, 5) is 11.6. The first-order chi connectivity index (χ1) is 7.12. The summed E-state index contributed by atoms with van der Waals surface area (Å²) in [6.45, 7) is 0.391. The number of para-hydroxylation sites is 1. The van der Waals surface area contributed by atoms with Gasteiger partial charge in [0.1, 0.15) is 5.75 Å². The van der Waals surface area contributed by atoms with Crippen LogP contribution in [0.15, 0.2) is 24.3 Å². The van der Waals surface area contributed by atoms with Gasteiger partial charge in [-0.1, -0.05) is 41.4 Å². The molecule has 15 heavy (non-hydrogen) atoms. The third-order valence-corrected chi connectivity index (χ3v) is 3.97. The maximum Gasteiger partial charge on any atom is 0.184 e. The molecule has 2 nitrogen and oxygen atoms in total. The van der Waals surface area contributed by atoms with E-state index in [9.17, 15) is 4.79 Å². The van der Waals surface area contributed by atoms with Crippen LogP contribution in [0.3, 0.4) is 0 Å². The van der Waals surface area contributed by atoms with Crippen molar-refractivity contribution in [1.82, 2.24) is 0 Å². The van der Waals surface area contributed by atoms with Crippen LogP contribution in [0.2, 0.25) is 0 Å². The van der Waals surface area contributed by atoms with E-state index in [0.29, 0.717) is 6.61 Å². The third-order valence-electron chi connectivity index (χ3n) is 3.13. The summed E-state index contributed by atoms with van der Waals surface area (Å²) in [6, 6.07) is 7.58. The van der Waals surface area contributed by atoms with Crippen LogP contribution in [0.25, 0.3) is 0 Å². The van der Waals surface area contributed by atoms with Gasteiger partial charge in [0, 0.05) is 11.5 Å². The fourth-order valence-electron chi connectivity index (χ4n) is 2.34. The molecule has 1 aromatic carbocycles. The molecule has 0 aromatic heterocycles. The van der Waals surface area contributed by atoms with Gasteiger partial charge in [0.25, 0.3) is 0 Å². The fraction of sp³-hybridized carbons (Fsp3) is 0.364. The van der Waals surface area contributed by atoms with Crippen LogP contribution < -0.4 is 4.74 Å². The van der Waals surface area contributed by atoms with E-state index in [0.717, 1.165) is 11.3 Å². The second-order valence-corrected chi connectivity index (χ2v) is 5.31. The van der Waals surface area contributed by atoms with Crippen LogP contribution in [0.5, 0.6) is 5.75 Å². The van der Waals surface area contributed by atoms with Crippen molar-refractivity contribution in [2.45, 2.75) is 10.3 Å². The van der Waals surface area contributed by atoms with Crippen molar-refractivity contribution in [2.24, 2.45) is 5.92 Å². The van der Waals surface area contributed by atoms with Crippen molar-refractivity contribution in [3.63, 3.8) is 0 Å². The molecule has 3 rings (SSSR count). The van der Waals surface area contributed by atoms with E-state index in [1.54, 1.807) is 0 Å². The molecule has 78 valence electrons. The number of carbonyl (C=O) groups is 1. The van der Waals surface area contributed by atoms with Crippen molar-refractivity contribution in [1.29, 1.82) is 0 Å². The maximum atomic E-state index is 11.6. The van der Waals surface area contributed by atoms with Gasteiger partial charge in [-0.25, -0.2) is 0 Å². The van der Waals surface area contributed by atoms with Crippen LogP contribution in [0.4, 0.5) is 0 Å². The molecule has 0 N–H and O–H groups in total. The molecule has 0 saturated heterocycles. The lowest BCUT2D eigenvalue weighted by Crippen LogP contribution is -2.58. The van der Waals surface area contributed by atoms with E-state index in [1.807, 2.05) is 24.3 Å². The largest absolute Gasteiger partial charge is 0.493 e. The van der Waals surface area contributed by atoms with Crippen molar-refractivity contribution < 1.29 is 9.53 Å². The summed E-state index contributed by atoms with van der Waals surface area (Å²) in [7, 11) is 0. The van der Waals surface area contributed by atoms with Gasteiger partial charge < -0.3 is 4.74 Å². The molecule has 0 bridgehead atoms. The Morgan fingerprint density at radius 1 is 1.33 bits per heavy atom. The number of ether oxygens (including phenoxy) is 1. The zero-order valence-electron chi connectivity index (χ0n) is 7.74. The fourth-order valence-corrected chi connectivity index (χ4v) is 3.16. The number of hydrogen-bond acceptors (Lipinski definition) is 2. The minimum absolute atomic E-state index is 0.113. The topological polar surface area (TPSA) is 26.3 Å². The van der Waals surface area contributed by atoms with E-state index < -0.39 is 4.33 Å². The predicted octanol–water partition coefficient (Wildman–Crippen LogP) is 2.54. The highest BCUT2D eigenvalue weighted by Gasteiger charge is 2.63. The number of alkyl halides is 2. The van der Waals surface area contributed by atoms with E-state index in [1.165, 1.54) is 0 Å².